The largest absolute Gasteiger partial charge is 0.495 e. The van der Waals surface area contributed by atoms with Crippen molar-refractivity contribution in [1.82, 2.24) is 15.1 Å². The number of rotatable bonds is 12. The Morgan fingerprint density at radius 1 is 1.09 bits per heavy atom. The summed E-state index contributed by atoms with van der Waals surface area (Å²) in [6.45, 7) is 7.26. The van der Waals surface area contributed by atoms with Crippen LogP contribution >= 0.6 is 23.4 Å². The number of nitrogens with zero attached hydrogens (tertiary/aromatic N) is 3. The van der Waals surface area contributed by atoms with E-state index in [1.54, 1.807) is 52.2 Å². The molecule has 5 amide bonds. The smallest absolute Gasteiger partial charge is 0.328 e. The van der Waals surface area contributed by atoms with E-state index in [0.29, 0.717) is 37.2 Å². The molecule has 19 heteroatoms. The minimum atomic E-state index is -1.62. The Bertz CT molecular complexity index is 2180. The first kappa shape index (κ1) is 52.9. The van der Waals surface area contributed by atoms with Gasteiger partial charge in [-0.2, -0.15) is 0 Å². The number of imide groups is 1. The number of amides is 5. The van der Waals surface area contributed by atoms with Gasteiger partial charge in [0.2, 0.25) is 29.5 Å². The molecule has 5 aliphatic rings. The lowest BCUT2D eigenvalue weighted by atomic mass is 9.78. The molecule has 1 saturated carbocycles. The van der Waals surface area contributed by atoms with Crippen molar-refractivity contribution >= 4 is 70.5 Å². The van der Waals surface area contributed by atoms with E-state index in [2.05, 4.69) is 5.32 Å². The van der Waals surface area contributed by atoms with Gasteiger partial charge in [0.1, 0.15) is 46.3 Å². The zero-order valence-electron chi connectivity index (χ0n) is 40.5. The van der Waals surface area contributed by atoms with Crippen LogP contribution in [0.25, 0.3) is 0 Å². The Labute approximate surface area is 407 Å². The van der Waals surface area contributed by atoms with Crippen LogP contribution in [0, 0.1) is 17.8 Å². The first-order valence-electron chi connectivity index (χ1n) is 23.4. The molecule has 0 spiro atoms. The van der Waals surface area contributed by atoms with Crippen molar-refractivity contribution in [2.75, 3.05) is 52.6 Å². The predicted molar refractivity (Wildman–Crippen MR) is 254 cm³/mol. The van der Waals surface area contributed by atoms with E-state index in [0.717, 1.165) is 24.0 Å². The van der Waals surface area contributed by atoms with Crippen LogP contribution in [0.5, 0.6) is 5.75 Å². The Morgan fingerprint density at radius 3 is 2.46 bits per heavy atom. The van der Waals surface area contributed by atoms with Crippen molar-refractivity contribution in [3.8, 4) is 5.75 Å². The molecule has 1 aromatic carbocycles. The molecule has 4 aliphatic heterocycles. The third-order valence-electron chi connectivity index (χ3n) is 14.5. The molecule has 1 aromatic rings. The minimum Gasteiger partial charge on any atom is -0.495 e. The molecular formula is C49H67ClN4O13S. The summed E-state index contributed by atoms with van der Waals surface area (Å²) >= 11 is 8.04. The summed E-state index contributed by atoms with van der Waals surface area (Å²) in [7, 11) is 7.58. The summed E-state index contributed by atoms with van der Waals surface area (Å²) in [5.74, 6) is -2.69. The highest BCUT2D eigenvalue weighted by atomic mass is 35.5. The zero-order valence-corrected chi connectivity index (χ0v) is 42.1. The highest BCUT2D eigenvalue weighted by molar-refractivity contribution is 8.00. The fourth-order valence-electron chi connectivity index (χ4n) is 9.98. The molecule has 4 fully saturated rings. The number of hydrogen-bond donors (Lipinski definition) is 2. The van der Waals surface area contributed by atoms with E-state index in [-0.39, 0.29) is 72.4 Å². The van der Waals surface area contributed by atoms with Crippen LogP contribution in [-0.4, -0.2) is 151 Å². The van der Waals surface area contributed by atoms with Crippen LogP contribution < -0.4 is 15.0 Å². The highest BCUT2D eigenvalue weighted by Crippen LogP contribution is 2.50. The second-order valence-corrected chi connectivity index (χ2v) is 20.9. The minimum absolute atomic E-state index is 0.0153. The Hall–Kier alpha value is -4.49. The van der Waals surface area contributed by atoms with Gasteiger partial charge in [-0.05, 0) is 76.5 Å². The lowest BCUT2D eigenvalue weighted by molar-refractivity contribution is -0.187. The molecule has 6 rings (SSSR count). The average Bonchev–Trinajstić information content (AvgIpc) is 3.94. The molecule has 374 valence electrons. The van der Waals surface area contributed by atoms with Crippen LogP contribution in [0.2, 0.25) is 5.02 Å². The van der Waals surface area contributed by atoms with Crippen molar-refractivity contribution in [2.24, 2.45) is 17.8 Å². The van der Waals surface area contributed by atoms with E-state index in [4.69, 9.17) is 35.3 Å². The van der Waals surface area contributed by atoms with Crippen LogP contribution in [0.3, 0.4) is 0 Å². The molecule has 3 saturated heterocycles. The van der Waals surface area contributed by atoms with Crippen LogP contribution in [0.1, 0.15) is 91.0 Å². The van der Waals surface area contributed by atoms with Gasteiger partial charge in [-0.1, -0.05) is 42.3 Å². The third kappa shape index (κ3) is 11.7. The average molecular weight is 988 g/mol. The number of epoxide rings is 1. The SMILES string of the molecule is CNC(=O)C1CCC(CN2C(=O)CC(SCCC(=O)N(C)[C@@H](C)C(=O)O[C@H]3CC(=O)N(C)c4cc(cc(OC)c4Cl)C/C(C)=C/C=C/[C@@H](OC)[C@]4(O)CC(=O)O[C@@H](C4)[C@@H](C)[C@@H]4O[C@@]34C)C2=O)CC1. The fourth-order valence-corrected chi connectivity index (χ4v) is 11.4. The van der Waals surface area contributed by atoms with E-state index in [1.165, 1.54) is 54.7 Å². The molecule has 2 N–H and O–H groups in total. The van der Waals surface area contributed by atoms with Crippen molar-refractivity contribution in [3.05, 3.63) is 46.5 Å². The number of anilines is 1. The lowest BCUT2D eigenvalue weighted by Gasteiger charge is -2.41. The first-order valence-corrected chi connectivity index (χ1v) is 24.8. The molecule has 0 radical (unpaired) electrons. The van der Waals surface area contributed by atoms with Gasteiger partial charge in [0, 0.05) is 71.6 Å². The van der Waals surface area contributed by atoms with Crippen LogP contribution in [0.15, 0.2) is 35.9 Å². The standard InChI is InChI=1S/C49H67ClN4O13S/c1-27-11-10-12-37(64-9)49(62)24-35(65-42(58)25-49)28(2)44-48(4,67-44)38(23-40(56)53(7)33-20-31(19-27)21-34(63-8)43(33)50)66-47(61)29(3)52(6)39(55)17-18-68-36-22-41(57)54(46(36)60)26-30-13-15-32(16-14-30)45(59)51-5/h10-12,20-21,28-30,32,35-38,44,62H,13-19,22-26H2,1-9H3,(H,51,59)/b12-10+,27-11+/t28-,29+,30?,32?,35+,36?,37-,38+,44+,48+,49-/m1/s1. The highest BCUT2D eigenvalue weighted by Gasteiger charge is 2.64. The number of ether oxygens (including phenoxy) is 5. The molecule has 9 atom stereocenters. The van der Waals surface area contributed by atoms with E-state index < -0.39 is 76.6 Å². The molecule has 4 bridgehead atoms. The Balaban J connectivity index is 1.15. The maximum absolute atomic E-state index is 14.3. The Kier molecular flexibility index (Phi) is 17.2. The van der Waals surface area contributed by atoms with E-state index in [1.807, 2.05) is 13.0 Å². The Morgan fingerprint density at radius 2 is 1.79 bits per heavy atom. The second-order valence-electron chi connectivity index (χ2n) is 19.2. The molecule has 1 aliphatic carbocycles. The molecule has 68 heavy (non-hydrogen) atoms. The van der Waals surface area contributed by atoms with Crippen molar-refractivity contribution in [1.29, 1.82) is 0 Å². The summed E-state index contributed by atoms with van der Waals surface area (Å²) in [6.07, 6.45) is 4.46. The number of carbonyl (C=O) groups is 7. The molecule has 4 heterocycles. The van der Waals surface area contributed by atoms with Gasteiger partial charge in [0.05, 0.1) is 37.0 Å². The normalized spacial score (nSPS) is 32.8. The van der Waals surface area contributed by atoms with Gasteiger partial charge in [-0.3, -0.25) is 33.7 Å². The summed E-state index contributed by atoms with van der Waals surface area (Å²) in [5.41, 5.74) is -0.825. The fraction of sp³-hybridized carbons (Fsp3) is 0.653. The number of halogens is 1. The number of allylic oxidation sites excluding steroid dienone is 3. The van der Waals surface area contributed by atoms with Crippen molar-refractivity contribution < 1.29 is 62.4 Å². The number of likely N-dealkylation sites (tertiary alicyclic amines) is 1. The number of benzene rings is 1. The maximum Gasteiger partial charge on any atom is 0.328 e. The van der Waals surface area contributed by atoms with Crippen molar-refractivity contribution in [2.45, 2.75) is 139 Å². The number of nitrogens with one attached hydrogen (secondary N) is 1. The van der Waals surface area contributed by atoms with Gasteiger partial charge in [0.25, 0.3) is 0 Å². The van der Waals surface area contributed by atoms with Crippen LogP contribution in [-0.2, 0) is 58.9 Å². The zero-order chi connectivity index (χ0) is 49.8. The quantitative estimate of drug-likeness (QED) is 0.167. The number of carbonyl (C=O) groups excluding carboxylic acids is 7. The van der Waals surface area contributed by atoms with Gasteiger partial charge in [0.15, 0.2) is 0 Å². The lowest BCUT2D eigenvalue weighted by Crippen LogP contribution is -2.53. The first-order chi connectivity index (χ1) is 32.1. The summed E-state index contributed by atoms with van der Waals surface area (Å²) in [4.78, 5) is 97.3. The van der Waals surface area contributed by atoms with Crippen molar-refractivity contribution in [3.63, 3.8) is 0 Å². The maximum atomic E-state index is 14.3. The molecular weight excluding hydrogens is 920 g/mol. The van der Waals surface area contributed by atoms with Gasteiger partial charge in [-0.25, -0.2) is 4.79 Å². The van der Waals surface area contributed by atoms with Gasteiger partial charge < -0.3 is 43.9 Å². The number of methoxy groups -OCH3 is 2. The van der Waals surface area contributed by atoms with E-state index in [9.17, 15) is 38.7 Å². The molecule has 0 aromatic heterocycles. The second kappa shape index (κ2) is 22.1. The predicted octanol–water partition coefficient (Wildman–Crippen LogP) is 4.57. The van der Waals surface area contributed by atoms with Gasteiger partial charge in [-0.15, -0.1) is 11.8 Å². The summed E-state index contributed by atoms with van der Waals surface area (Å²) in [6, 6.07) is 2.45. The molecule has 1 unspecified atom stereocenters. The third-order valence-corrected chi connectivity index (χ3v) is 16.1. The number of hydrogen-bond acceptors (Lipinski definition) is 14. The number of esters is 2. The number of thioether (sulfide) groups is 1. The number of fused-ring (bicyclic) bond motifs is 5. The number of likely N-dealkylation sites (N-methyl/N-ethyl adjacent to an activating group) is 1. The van der Waals surface area contributed by atoms with E-state index >= 15 is 0 Å². The summed E-state index contributed by atoms with van der Waals surface area (Å²) in [5, 5.41) is 14.2. The molecule has 17 nitrogen and oxygen atoms in total. The topological polar surface area (TPSA) is 211 Å². The summed E-state index contributed by atoms with van der Waals surface area (Å²) < 4.78 is 29.6. The number of aliphatic hydroxyl groups is 1. The monoisotopic (exact) mass is 986 g/mol. The van der Waals surface area contributed by atoms with Gasteiger partial charge >= 0.3 is 11.9 Å². The van der Waals surface area contributed by atoms with Crippen LogP contribution in [0.4, 0.5) is 5.69 Å².